The summed E-state index contributed by atoms with van der Waals surface area (Å²) < 4.78 is 0. The third kappa shape index (κ3) is 4.88. The minimum Gasteiger partial charge on any atom is -0.356 e. The van der Waals surface area contributed by atoms with Crippen molar-refractivity contribution in [1.82, 2.24) is 20.3 Å². The van der Waals surface area contributed by atoms with Crippen LogP contribution in [0.3, 0.4) is 0 Å². The van der Waals surface area contributed by atoms with Crippen molar-refractivity contribution < 1.29 is 4.79 Å². The molecule has 2 fully saturated rings. The van der Waals surface area contributed by atoms with E-state index >= 15 is 0 Å². The third-order valence-electron chi connectivity index (χ3n) is 6.87. The second-order valence-corrected chi connectivity index (χ2v) is 9.36. The van der Waals surface area contributed by atoms with E-state index in [9.17, 15) is 4.79 Å². The van der Waals surface area contributed by atoms with E-state index in [1.54, 1.807) is 0 Å². The maximum absolute atomic E-state index is 12.3. The van der Waals surface area contributed by atoms with Crippen LogP contribution in [-0.4, -0.2) is 27.4 Å². The fourth-order valence-electron chi connectivity index (χ4n) is 4.97. The Morgan fingerprint density at radius 1 is 1.07 bits per heavy atom. The highest BCUT2D eigenvalue weighted by Gasteiger charge is 2.28. The first kappa shape index (κ1) is 21.0. The second kappa shape index (κ2) is 9.67. The summed E-state index contributed by atoms with van der Waals surface area (Å²) in [7, 11) is 0. The number of hydrogen-bond acceptors (Lipinski definition) is 4. The van der Waals surface area contributed by atoms with Crippen molar-refractivity contribution in [2.45, 2.75) is 77.0 Å². The number of nitrogens with one attached hydrogen (secondary N) is 1. The van der Waals surface area contributed by atoms with Crippen LogP contribution in [0.5, 0.6) is 0 Å². The largest absolute Gasteiger partial charge is 0.356 e. The van der Waals surface area contributed by atoms with E-state index in [1.165, 1.54) is 18.5 Å². The summed E-state index contributed by atoms with van der Waals surface area (Å²) in [5, 5.41) is 3.24. The summed E-state index contributed by atoms with van der Waals surface area (Å²) in [5.41, 5.74) is 3.47. The molecule has 0 aliphatic heterocycles. The van der Waals surface area contributed by atoms with Crippen LogP contribution in [0.4, 0.5) is 0 Å². The standard InChI is InChI=1S/C25H34N4O/c1-17(2)24-27-16-22(19-11-13-26-14-12-19)23(29-24)20-9-7-18(8-10-20)15-28-25(30)21-5-3-4-6-21/h11-14,16-18,20-21H,3-10,15H2,1-2H3,(H,28,30). The Bertz CT molecular complexity index is 837. The molecule has 2 aliphatic carbocycles. The molecule has 0 radical (unpaired) electrons. The first-order valence-corrected chi connectivity index (χ1v) is 11.7. The fraction of sp³-hybridized carbons (Fsp3) is 0.600. The minimum absolute atomic E-state index is 0.264. The predicted octanol–water partition coefficient (Wildman–Crippen LogP) is 5.24. The van der Waals surface area contributed by atoms with E-state index in [0.29, 0.717) is 17.8 Å². The van der Waals surface area contributed by atoms with E-state index in [4.69, 9.17) is 4.98 Å². The number of nitrogens with zero attached hydrogens (tertiary/aromatic N) is 3. The molecule has 2 saturated carbocycles. The summed E-state index contributed by atoms with van der Waals surface area (Å²) in [6.07, 6.45) is 14.8. The number of pyridine rings is 1. The smallest absolute Gasteiger partial charge is 0.223 e. The summed E-state index contributed by atoms with van der Waals surface area (Å²) >= 11 is 0. The fourth-order valence-corrected chi connectivity index (χ4v) is 4.97. The van der Waals surface area contributed by atoms with E-state index in [-0.39, 0.29) is 11.8 Å². The molecule has 4 rings (SSSR count). The molecule has 5 nitrogen and oxygen atoms in total. The van der Waals surface area contributed by atoms with Gasteiger partial charge < -0.3 is 5.32 Å². The minimum atomic E-state index is 0.264. The highest BCUT2D eigenvalue weighted by Crippen LogP contribution is 2.39. The molecule has 2 heterocycles. The molecule has 2 aliphatic rings. The van der Waals surface area contributed by atoms with Gasteiger partial charge in [0.2, 0.25) is 5.91 Å². The van der Waals surface area contributed by atoms with Gasteiger partial charge in [-0.1, -0.05) is 26.7 Å². The third-order valence-corrected chi connectivity index (χ3v) is 6.87. The highest BCUT2D eigenvalue weighted by molar-refractivity contribution is 5.78. The molecule has 1 amide bonds. The normalized spacial score (nSPS) is 22.4. The molecule has 0 bridgehead atoms. The SMILES string of the molecule is CC(C)c1ncc(-c2ccncc2)c(C2CCC(CNC(=O)C3CCCC3)CC2)n1. The summed E-state index contributed by atoms with van der Waals surface area (Å²) in [5.74, 6) is 2.83. The summed E-state index contributed by atoms with van der Waals surface area (Å²) in [6, 6.07) is 4.09. The van der Waals surface area contributed by atoms with Crippen molar-refractivity contribution in [2.75, 3.05) is 6.54 Å². The van der Waals surface area contributed by atoms with E-state index in [1.807, 2.05) is 30.7 Å². The topological polar surface area (TPSA) is 67.8 Å². The van der Waals surface area contributed by atoms with Gasteiger partial charge in [0.1, 0.15) is 5.82 Å². The zero-order valence-electron chi connectivity index (χ0n) is 18.3. The average Bonchev–Trinajstić information content (AvgIpc) is 3.33. The lowest BCUT2D eigenvalue weighted by Crippen LogP contribution is -2.34. The lowest BCUT2D eigenvalue weighted by atomic mass is 9.79. The molecular weight excluding hydrogens is 372 g/mol. The van der Waals surface area contributed by atoms with E-state index < -0.39 is 0 Å². The Morgan fingerprint density at radius 3 is 2.43 bits per heavy atom. The number of carbonyl (C=O) groups excluding carboxylic acids is 1. The Morgan fingerprint density at radius 2 is 1.77 bits per heavy atom. The van der Waals surface area contributed by atoms with Crippen molar-refractivity contribution in [1.29, 1.82) is 0 Å². The molecule has 0 saturated heterocycles. The summed E-state index contributed by atoms with van der Waals surface area (Å²) in [6.45, 7) is 5.13. The van der Waals surface area contributed by atoms with Crippen molar-refractivity contribution in [3.8, 4) is 11.1 Å². The molecule has 0 unspecified atom stereocenters. The van der Waals surface area contributed by atoms with Crippen LogP contribution < -0.4 is 5.32 Å². The first-order valence-electron chi connectivity index (χ1n) is 11.7. The van der Waals surface area contributed by atoms with Crippen molar-refractivity contribution in [3.63, 3.8) is 0 Å². The van der Waals surface area contributed by atoms with Gasteiger partial charge in [-0.2, -0.15) is 0 Å². The van der Waals surface area contributed by atoms with Gasteiger partial charge in [-0.25, -0.2) is 9.97 Å². The maximum atomic E-state index is 12.3. The van der Waals surface area contributed by atoms with Crippen LogP contribution >= 0.6 is 0 Å². The number of amides is 1. The zero-order chi connectivity index (χ0) is 20.9. The van der Waals surface area contributed by atoms with Gasteiger partial charge in [0, 0.05) is 48.5 Å². The number of carbonyl (C=O) groups is 1. The Labute approximate surface area is 180 Å². The Balaban J connectivity index is 1.42. The Kier molecular flexibility index (Phi) is 6.76. The van der Waals surface area contributed by atoms with Crippen LogP contribution in [0.2, 0.25) is 0 Å². The number of aromatic nitrogens is 3. The average molecular weight is 407 g/mol. The molecule has 0 spiro atoms. The van der Waals surface area contributed by atoms with Gasteiger partial charge in [0.25, 0.3) is 0 Å². The molecule has 30 heavy (non-hydrogen) atoms. The van der Waals surface area contributed by atoms with Crippen molar-refractivity contribution in [2.24, 2.45) is 11.8 Å². The molecule has 0 atom stereocenters. The van der Waals surface area contributed by atoms with Crippen LogP contribution in [0.1, 0.15) is 88.6 Å². The zero-order valence-corrected chi connectivity index (χ0v) is 18.3. The first-order chi connectivity index (χ1) is 14.6. The summed E-state index contributed by atoms with van der Waals surface area (Å²) in [4.78, 5) is 26.2. The van der Waals surface area contributed by atoms with Gasteiger partial charge in [-0.3, -0.25) is 9.78 Å². The van der Waals surface area contributed by atoms with Crippen LogP contribution in [-0.2, 0) is 4.79 Å². The van der Waals surface area contributed by atoms with Gasteiger partial charge in [-0.05, 0) is 62.1 Å². The molecule has 160 valence electrons. The number of hydrogen-bond donors (Lipinski definition) is 1. The monoisotopic (exact) mass is 406 g/mol. The highest BCUT2D eigenvalue weighted by atomic mass is 16.1. The molecule has 2 aromatic rings. The van der Waals surface area contributed by atoms with Gasteiger partial charge >= 0.3 is 0 Å². The molecule has 5 heteroatoms. The van der Waals surface area contributed by atoms with Crippen molar-refractivity contribution >= 4 is 5.91 Å². The van der Waals surface area contributed by atoms with E-state index in [2.05, 4.69) is 29.1 Å². The molecular formula is C25H34N4O. The van der Waals surface area contributed by atoms with Gasteiger partial charge in [0.15, 0.2) is 0 Å². The quantitative estimate of drug-likeness (QED) is 0.712. The van der Waals surface area contributed by atoms with Crippen LogP contribution in [0.15, 0.2) is 30.7 Å². The Hall–Kier alpha value is -2.30. The molecule has 1 N–H and O–H groups in total. The van der Waals surface area contributed by atoms with Gasteiger partial charge in [-0.15, -0.1) is 0 Å². The maximum Gasteiger partial charge on any atom is 0.223 e. The van der Waals surface area contributed by atoms with Gasteiger partial charge in [0.05, 0.1) is 5.69 Å². The van der Waals surface area contributed by atoms with Crippen molar-refractivity contribution in [3.05, 3.63) is 42.2 Å². The van der Waals surface area contributed by atoms with Crippen LogP contribution in [0.25, 0.3) is 11.1 Å². The lowest BCUT2D eigenvalue weighted by Gasteiger charge is -2.30. The van der Waals surface area contributed by atoms with E-state index in [0.717, 1.165) is 62.0 Å². The molecule has 0 aromatic carbocycles. The number of rotatable bonds is 6. The lowest BCUT2D eigenvalue weighted by molar-refractivity contribution is -0.125. The predicted molar refractivity (Wildman–Crippen MR) is 119 cm³/mol. The second-order valence-electron chi connectivity index (χ2n) is 9.36. The molecule has 2 aromatic heterocycles. The van der Waals surface area contributed by atoms with Crippen LogP contribution in [0, 0.1) is 11.8 Å².